The van der Waals surface area contributed by atoms with Crippen LogP contribution in [-0.2, 0) is 0 Å². The fourth-order valence-corrected chi connectivity index (χ4v) is 0.450. The Morgan fingerprint density at radius 2 is 2.00 bits per heavy atom. The standard InChI is InChI=1S/C5H7N3O/c1-4-2-6-5(8-9)7-3-4/h2-3,9H,1H3,(H,6,7,8). The molecule has 0 aliphatic rings. The van der Waals surface area contributed by atoms with Crippen molar-refractivity contribution < 1.29 is 5.21 Å². The highest BCUT2D eigenvalue weighted by atomic mass is 16.5. The van der Waals surface area contributed by atoms with Crippen molar-refractivity contribution in [3.63, 3.8) is 0 Å². The molecule has 2 N–H and O–H groups in total. The zero-order valence-corrected chi connectivity index (χ0v) is 5.00. The van der Waals surface area contributed by atoms with Crippen molar-refractivity contribution in [1.29, 1.82) is 0 Å². The van der Waals surface area contributed by atoms with Crippen molar-refractivity contribution in [2.45, 2.75) is 6.92 Å². The third-order valence-corrected chi connectivity index (χ3v) is 0.881. The zero-order chi connectivity index (χ0) is 6.69. The van der Waals surface area contributed by atoms with Crippen LogP contribution in [0.2, 0.25) is 0 Å². The largest absolute Gasteiger partial charge is 0.288 e. The van der Waals surface area contributed by atoms with E-state index in [1.165, 1.54) is 0 Å². The highest BCUT2D eigenvalue weighted by Crippen LogP contribution is 1.95. The Morgan fingerprint density at radius 3 is 2.44 bits per heavy atom. The minimum Gasteiger partial charge on any atom is -0.288 e. The molecule has 1 aromatic rings. The predicted octanol–water partition coefficient (Wildman–Crippen LogP) is 0.586. The molecule has 1 rings (SSSR count). The van der Waals surface area contributed by atoms with Gasteiger partial charge in [0.2, 0.25) is 5.95 Å². The number of nitrogens with zero attached hydrogens (tertiary/aromatic N) is 2. The van der Waals surface area contributed by atoms with Crippen LogP contribution < -0.4 is 5.48 Å². The van der Waals surface area contributed by atoms with Gasteiger partial charge in [-0.2, -0.15) is 0 Å². The average molecular weight is 125 g/mol. The lowest BCUT2D eigenvalue weighted by Crippen LogP contribution is -1.95. The van der Waals surface area contributed by atoms with Crippen LogP contribution in [0.1, 0.15) is 5.56 Å². The third-order valence-electron chi connectivity index (χ3n) is 0.881. The molecule has 9 heavy (non-hydrogen) atoms. The molecule has 4 heteroatoms. The Hall–Kier alpha value is -1.16. The summed E-state index contributed by atoms with van der Waals surface area (Å²) in [7, 11) is 0. The van der Waals surface area contributed by atoms with Crippen molar-refractivity contribution >= 4 is 5.95 Å². The van der Waals surface area contributed by atoms with Crippen LogP contribution in [0.3, 0.4) is 0 Å². The molecule has 1 aromatic heterocycles. The van der Waals surface area contributed by atoms with Gasteiger partial charge in [0.1, 0.15) is 0 Å². The molecule has 0 aromatic carbocycles. The first-order valence-electron chi connectivity index (χ1n) is 2.51. The predicted molar refractivity (Wildman–Crippen MR) is 32.2 cm³/mol. The first-order chi connectivity index (χ1) is 4.33. The molecular formula is C5H7N3O. The maximum Gasteiger partial charge on any atom is 0.246 e. The molecule has 48 valence electrons. The van der Waals surface area contributed by atoms with Gasteiger partial charge in [-0.3, -0.25) is 5.21 Å². The van der Waals surface area contributed by atoms with E-state index in [9.17, 15) is 0 Å². The number of aryl methyl sites for hydroxylation is 1. The molecule has 0 bridgehead atoms. The summed E-state index contributed by atoms with van der Waals surface area (Å²) in [5, 5.41) is 8.25. The van der Waals surface area contributed by atoms with Crippen molar-refractivity contribution in [3.8, 4) is 0 Å². The van der Waals surface area contributed by atoms with Crippen LogP contribution in [0, 0.1) is 6.92 Å². The molecule has 4 nitrogen and oxygen atoms in total. The number of hydrogen-bond donors (Lipinski definition) is 2. The van der Waals surface area contributed by atoms with Gasteiger partial charge in [0, 0.05) is 12.4 Å². The quantitative estimate of drug-likeness (QED) is 0.539. The fraction of sp³-hybridized carbons (Fsp3) is 0.200. The topological polar surface area (TPSA) is 58.0 Å². The van der Waals surface area contributed by atoms with Crippen LogP contribution in [0.5, 0.6) is 0 Å². The van der Waals surface area contributed by atoms with Crippen LogP contribution in [0.25, 0.3) is 0 Å². The highest BCUT2D eigenvalue weighted by Gasteiger charge is 1.88. The van der Waals surface area contributed by atoms with Gasteiger partial charge in [0.15, 0.2) is 0 Å². The first-order valence-corrected chi connectivity index (χ1v) is 2.51. The Morgan fingerprint density at radius 1 is 1.44 bits per heavy atom. The zero-order valence-electron chi connectivity index (χ0n) is 5.00. The maximum atomic E-state index is 8.25. The minimum absolute atomic E-state index is 0.223. The number of anilines is 1. The molecule has 0 aliphatic heterocycles. The molecule has 0 unspecified atom stereocenters. The first kappa shape index (κ1) is 5.97. The van der Waals surface area contributed by atoms with E-state index in [2.05, 4.69) is 9.97 Å². The Labute approximate surface area is 52.5 Å². The van der Waals surface area contributed by atoms with Crippen LogP contribution in [-0.4, -0.2) is 15.2 Å². The van der Waals surface area contributed by atoms with E-state index < -0.39 is 0 Å². The smallest absolute Gasteiger partial charge is 0.246 e. The van der Waals surface area contributed by atoms with Crippen molar-refractivity contribution in [1.82, 2.24) is 9.97 Å². The van der Waals surface area contributed by atoms with E-state index in [-0.39, 0.29) is 5.95 Å². The van der Waals surface area contributed by atoms with E-state index in [1.54, 1.807) is 12.4 Å². The van der Waals surface area contributed by atoms with Gasteiger partial charge in [-0.25, -0.2) is 15.4 Å². The Bertz CT molecular complexity index is 184. The Kier molecular flexibility index (Phi) is 1.60. The summed E-state index contributed by atoms with van der Waals surface area (Å²) < 4.78 is 0. The van der Waals surface area contributed by atoms with Gasteiger partial charge < -0.3 is 0 Å². The average Bonchev–Trinajstić information content (AvgIpc) is 1.90. The SMILES string of the molecule is Cc1cnc(NO)nc1. The van der Waals surface area contributed by atoms with E-state index in [4.69, 9.17) is 5.21 Å². The molecule has 0 fully saturated rings. The molecule has 0 atom stereocenters. The van der Waals surface area contributed by atoms with E-state index in [0.717, 1.165) is 5.56 Å². The number of hydrogen-bond acceptors (Lipinski definition) is 4. The van der Waals surface area contributed by atoms with Gasteiger partial charge in [0.05, 0.1) is 0 Å². The van der Waals surface area contributed by atoms with Gasteiger partial charge >= 0.3 is 0 Å². The van der Waals surface area contributed by atoms with E-state index in [1.807, 2.05) is 12.4 Å². The summed E-state index contributed by atoms with van der Waals surface area (Å²) in [6.45, 7) is 1.88. The number of rotatable bonds is 1. The van der Waals surface area contributed by atoms with Crippen molar-refractivity contribution in [2.24, 2.45) is 0 Å². The number of nitrogens with one attached hydrogen (secondary N) is 1. The summed E-state index contributed by atoms with van der Waals surface area (Å²) in [4.78, 5) is 7.45. The van der Waals surface area contributed by atoms with Gasteiger partial charge in [-0.1, -0.05) is 0 Å². The lowest BCUT2D eigenvalue weighted by atomic mass is 10.4. The van der Waals surface area contributed by atoms with Crippen LogP contribution >= 0.6 is 0 Å². The van der Waals surface area contributed by atoms with Gasteiger partial charge in [0.25, 0.3) is 0 Å². The molecule has 0 spiro atoms. The van der Waals surface area contributed by atoms with Crippen LogP contribution in [0.4, 0.5) is 5.95 Å². The van der Waals surface area contributed by atoms with Gasteiger partial charge in [-0.05, 0) is 12.5 Å². The minimum atomic E-state index is 0.223. The van der Waals surface area contributed by atoms with E-state index in [0.29, 0.717) is 0 Å². The number of aromatic nitrogens is 2. The molecular weight excluding hydrogens is 118 g/mol. The van der Waals surface area contributed by atoms with Gasteiger partial charge in [-0.15, -0.1) is 0 Å². The Balaban J connectivity index is 2.88. The molecule has 0 saturated heterocycles. The summed E-state index contributed by atoms with van der Waals surface area (Å²) >= 11 is 0. The summed E-state index contributed by atoms with van der Waals surface area (Å²) in [5.74, 6) is 0.223. The monoisotopic (exact) mass is 125 g/mol. The lowest BCUT2D eigenvalue weighted by Gasteiger charge is -1.93. The maximum absolute atomic E-state index is 8.25. The molecule has 0 saturated carbocycles. The van der Waals surface area contributed by atoms with Crippen molar-refractivity contribution in [3.05, 3.63) is 18.0 Å². The summed E-state index contributed by atoms with van der Waals surface area (Å²) in [5.41, 5.74) is 2.80. The molecule has 0 aliphatic carbocycles. The summed E-state index contributed by atoms with van der Waals surface area (Å²) in [6.07, 6.45) is 3.23. The second-order valence-corrected chi connectivity index (χ2v) is 1.70. The highest BCUT2D eigenvalue weighted by molar-refractivity contribution is 5.19. The lowest BCUT2D eigenvalue weighted by molar-refractivity contribution is 0.382. The normalized spacial score (nSPS) is 9.11. The fourth-order valence-electron chi connectivity index (χ4n) is 0.450. The molecule has 1 heterocycles. The second kappa shape index (κ2) is 2.41. The molecule has 0 amide bonds. The van der Waals surface area contributed by atoms with E-state index >= 15 is 0 Å². The second-order valence-electron chi connectivity index (χ2n) is 1.70. The molecule has 0 radical (unpaired) electrons. The van der Waals surface area contributed by atoms with Crippen LogP contribution in [0.15, 0.2) is 12.4 Å². The van der Waals surface area contributed by atoms with Crippen molar-refractivity contribution in [2.75, 3.05) is 5.48 Å². The third kappa shape index (κ3) is 1.36. The summed E-state index contributed by atoms with van der Waals surface area (Å²) in [6, 6.07) is 0.